The molecule has 0 saturated carbocycles. The standard InChI is InChI=1S/C17H30N2O2/c1-3-5-7-9-11-16(12-10-8-6-4-2)21-17(20)19-14-13-18-15-19/h13-16H,3-12H2,1-2H3. The van der Waals surface area contributed by atoms with Gasteiger partial charge in [0.1, 0.15) is 12.4 Å². The number of rotatable bonds is 11. The van der Waals surface area contributed by atoms with Gasteiger partial charge in [-0.25, -0.2) is 14.3 Å². The molecule has 0 saturated heterocycles. The largest absolute Gasteiger partial charge is 0.446 e. The van der Waals surface area contributed by atoms with Crippen LogP contribution >= 0.6 is 0 Å². The Labute approximate surface area is 128 Å². The Morgan fingerprint density at radius 3 is 2.14 bits per heavy atom. The molecule has 1 aromatic heterocycles. The highest BCUT2D eigenvalue weighted by Crippen LogP contribution is 2.16. The van der Waals surface area contributed by atoms with E-state index in [0.717, 1.165) is 25.7 Å². The molecule has 4 nitrogen and oxygen atoms in total. The Kier molecular flexibility index (Phi) is 9.58. The summed E-state index contributed by atoms with van der Waals surface area (Å²) in [5.74, 6) is 0. The van der Waals surface area contributed by atoms with Crippen LogP contribution in [0.25, 0.3) is 0 Å². The molecule has 0 fully saturated rings. The molecular formula is C17H30N2O2. The van der Waals surface area contributed by atoms with E-state index in [-0.39, 0.29) is 12.2 Å². The minimum absolute atomic E-state index is 0.0496. The first-order chi connectivity index (χ1) is 10.3. The summed E-state index contributed by atoms with van der Waals surface area (Å²) in [5.41, 5.74) is 0. The minimum atomic E-state index is -0.302. The Balaban J connectivity index is 2.36. The van der Waals surface area contributed by atoms with Crippen molar-refractivity contribution in [2.24, 2.45) is 0 Å². The van der Waals surface area contributed by atoms with E-state index < -0.39 is 0 Å². The summed E-state index contributed by atoms with van der Waals surface area (Å²) in [7, 11) is 0. The maximum Gasteiger partial charge on any atom is 0.419 e. The van der Waals surface area contributed by atoms with E-state index in [4.69, 9.17) is 4.74 Å². The maximum atomic E-state index is 12.0. The number of aromatic nitrogens is 2. The van der Waals surface area contributed by atoms with Crippen LogP contribution < -0.4 is 0 Å². The van der Waals surface area contributed by atoms with Gasteiger partial charge in [-0.1, -0.05) is 52.4 Å². The molecule has 0 aliphatic rings. The van der Waals surface area contributed by atoms with E-state index in [1.165, 1.54) is 49.4 Å². The fourth-order valence-corrected chi connectivity index (χ4v) is 2.43. The number of carbonyl (C=O) groups excluding carboxylic acids is 1. The van der Waals surface area contributed by atoms with E-state index in [2.05, 4.69) is 18.8 Å². The maximum absolute atomic E-state index is 12.0. The summed E-state index contributed by atoms with van der Waals surface area (Å²) in [6.45, 7) is 4.42. The lowest BCUT2D eigenvalue weighted by Gasteiger charge is -2.18. The molecule has 1 heterocycles. The monoisotopic (exact) mass is 294 g/mol. The van der Waals surface area contributed by atoms with Crippen LogP contribution in [0.15, 0.2) is 18.7 Å². The third-order valence-electron chi connectivity index (χ3n) is 3.74. The molecule has 1 aromatic rings. The van der Waals surface area contributed by atoms with Gasteiger partial charge in [-0.15, -0.1) is 0 Å². The zero-order valence-electron chi connectivity index (χ0n) is 13.6. The van der Waals surface area contributed by atoms with Crippen molar-refractivity contribution in [3.05, 3.63) is 18.7 Å². The van der Waals surface area contributed by atoms with Gasteiger partial charge in [0.05, 0.1) is 0 Å². The molecule has 0 N–H and O–H groups in total. The third-order valence-corrected chi connectivity index (χ3v) is 3.74. The van der Waals surface area contributed by atoms with Crippen molar-refractivity contribution < 1.29 is 9.53 Å². The van der Waals surface area contributed by atoms with Crippen LogP contribution in [0.5, 0.6) is 0 Å². The summed E-state index contributed by atoms with van der Waals surface area (Å²) < 4.78 is 7.05. The Bertz CT molecular complexity index is 351. The normalized spacial score (nSPS) is 11.0. The number of imidazole rings is 1. The summed E-state index contributed by atoms with van der Waals surface area (Å²) in [4.78, 5) is 15.9. The van der Waals surface area contributed by atoms with Gasteiger partial charge >= 0.3 is 6.09 Å². The SMILES string of the molecule is CCCCCCC(CCCCCC)OC(=O)n1ccnc1. The molecule has 0 unspecified atom stereocenters. The molecule has 0 amide bonds. The molecule has 0 spiro atoms. The van der Waals surface area contributed by atoms with Gasteiger partial charge in [0.25, 0.3) is 0 Å². The summed E-state index contributed by atoms with van der Waals surface area (Å²) in [5, 5.41) is 0. The summed E-state index contributed by atoms with van der Waals surface area (Å²) >= 11 is 0. The first kappa shape index (κ1) is 17.7. The predicted octanol–water partition coefficient (Wildman–Crippen LogP) is 5.18. The molecule has 0 radical (unpaired) electrons. The molecule has 120 valence electrons. The Morgan fingerprint density at radius 2 is 1.67 bits per heavy atom. The molecule has 4 heteroatoms. The topological polar surface area (TPSA) is 44.1 Å². The second-order valence-corrected chi connectivity index (χ2v) is 5.67. The Hall–Kier alpha value is -1.32. The van der Waals surface area contributed by atoms with Crippen LogP contribution in [0, 0.1) is 0 Å². The van der Waals surface area contributed by atoms with Crippen molar-refractivity contribution in [2.75, 3.05) is 0 Å². The highest BCUT2D eigenvalue weighted by molar-refractivity contribution is 5.70. The van der Waals surface area contributed by atoms with Gasteiger partial charge in [-0.3, -0.25) is 0 Å². The fraction of sp³-hybridized carbons (Fsp3) is 0.765. The highest BCUT2D eigenvalue weighted by atomic mass is 16.6. The molecule has 1 rings (SSSR count). The van der Waals surface area contributed by atoms with E-state index in [9.17, 15) is 4.79 Å². The van der Waals surface area contributed by atoms with Gasteiger partial charge in [-0.2, -0.15) is 0 Å². The van der Waals surface area contributed by atoms with Crippen LogP contribution in [0.1, 0.15) is 78.1 Å². The summed E-state index contributed by atoms with van der Waals surface area (Å²) in [6.07, 6.45) is 16.2. The number of hydrogen-bond acceptors (Lipinski definition) is 3. The van der Waals surface area contributed by atoms with E-state index >= 15 is 0 Å². The molecular weight excluding hydrogens is 264 g/mol. The van der Waals surface area contributed by atoms with Crippen molar-refractivity contribution in [1.29, 1.82) is 0 Å². The van der Waals surface area contributed by atoms with Crippen LogP contribution in [0.3, 0.4) is 0 Å². The van der Waals surface area contributed by atoms with Crippen molar-refractivity contribution in [3.8, 4) is 0 Å². The number of hydrogen-bond donors (Lipinski definition) is 0. The zero-order chi connectivity index (χ0) is 15.3. The van der Waals surface area contributed by atoms with Crippen molar-refractivity contribution >= 4 is 6.09 Å². The second-order valence-electron chi connectivity index (χ2n) is 5.67. The predicted molar refractivity (Wildman–Crippen MR) is 85.4 cm³/mol. The molecule has 0 aliphatic heterocycles. The number of carbonyl (C=O) groups is 1. The molecule has 21 heavy (non-hydrogen) atoms. The Morgan fingerprint density at radius 1 is 1.05 bits per heavy atom. The average molecular weight is 294 g/mol. The van der Waals surface area contributed by atoms with Crippen LogP contribution in [0.4, 0.5) is 4.79 Å². The number of nitrogens with zero attached hydrogens (tertiary/aromatic N) is 2. The third kappa shape index (κ3) is 7.88. The van der Waals surface area contributed by atoms with Gasteiger partial charge < -0.3 is 4.74 Å². The molecule has 0 aliphatic carbocycles. The average Bonchev–Trinajstić information content (AvgIpc) is 3.02. The highest BCUT2D eigenvalue weighted by Gasteiger charge is 2.15. The smallest absolute Gasteiger partial charge is 0.419 e. The van der Waals surface area contributed by atoms with Gasteiger partial charge in [-0.05, 0) is 25.7 Å². The molecule has 0 aromatic carbocycles. The fourth-order valence-electron chi connectivity index (χ4n) is 2.43. The first-order valence-electron chi connectivity index (χ1n) is 8.46. The van der Waals surface area contributed by atoms with Crippen molar-refractivity contribution in [1.82, 2.24) is 9.55 Å². The lowest BCUT2D eigenvalue weighted by Crippen LogP contribution is -2.21. The van der Waals surface area contributed by atoms with Gasteiger partial charge in [0.15, 0.2) is 0 Å². The van der Waals surface area contributed by atoms with Crippen molar-refractivity contribution in [2.45, 2.75) is 84.2 Å². The van der Waals surface area contributed by atoms with E-state index in [1.54, 1.807) is 12.4 Å². The van der Waals surface area contributed by atoms with E-state index in [1.807, 2.05) is 0 Å². The van der Waals surface area contributed by atoms with E-state index in [0.29, 0.717) is 0 Å². The number of unbranched alkanes of at least 4 members (excludes halogenated alkanes) is 6. The van der Waals surface area contributed by atoms with Crippen molar-refractivity contribution in [3.63, 3.8) is 0 Å². The van der Waals surface area contributed by atoms with Crippen LogP contribution in [-0.4, -0.2) is 21.7 Å². The van der Waals surface area contributed by atoms with Gasteiger partial charge in [0, 0.05) is 12.4 Å². The molecule has 0 atom stereocenters. The lowest BCUT2D eigenvalue weighted by atomic mass is 10.0. The first-order valence-corrected chi connectivity index (χ1v) is 8.46. The van der Waals surface area contributed by atoms with Gasteiger partial charge in [0.2, 0.25) is 0 Å². The molecule has 0 bridgehead atoms. The number of ether oxygens (including phenoxy) is 1. The van der Waals surface area contributed by atoms with Crippen LogP contribution in [-0.2, 0) is 4.74 Å². The second kappa shape index (κ2) is 11.4. The van der Waals surface area contributed by atoms with Crippen LogP contribution in [0.2, 0.25) is 0 Å². The lowest BCUT2D eigenvalue weighted by molar-refractivity contribution is 0.0852. The quantitative estimate of drug-likeness (QED) is 0.528. The summed E-state index contributed by atoms with van der Waals surface area (Å²) in [6, 6.07) is 0. The zero-order valence-corrected chi connectivity index (χ0v) is 13.6. The minimum Gasteiger partial charge on any atom is -0.446 e.